The molecule has 0 saturated heterocycles. The summed E-state index contributed by atoms with van der Waals surface area (Å²) in [5.74, 6) is -0.0939. The maximum absolute atomic E-state index is 12.2. The predicted octanol–water partition coefficient (Wildman–Crippen LogP) is 2.61. The average Bonchev–Trinajstić information content (AvgIpc) is 2.49. The third-order valence-electron chi connectivity index (χ3n) is 2.00. The summed E-state index contributed by atoms with van der Waals surface area (Å²) < 4.78 is 36.5. The summed E-state index contributed by atoms with van der Waals surface area (Å²) in [5.41, 5.74) is 5.58. The molecule has 1 aromatic heterocycles. The molecule has 0 bridgehead atoms. The summed E-state index contributed by atoms with van der Waals surface area (Å²) in [6, 6.07) is -0.170. The van der Waals surface area contributed by atoms with Crippen LogP contribution in [0.25, 0.3) is 0 Å². The Labute approximate surface area is 84.0 Å². The van der Waals surface area contributed by atoms with Gasteiger partial charge >= 0.3 is 6.18 Å². The molecule has 6 heteroatoms. The van der Waals surface area contributed by atoms with Crippen LogP contribution in [0.1, 0.15) is 29.7 Å². The smallest absolute Gasteiger partial charge is 0.327 e. The second-order valence-corrected chi connectivity index (χ2v) is 4.28. The third-order valence-corrected chi connectivity index (χ3v) is 3.25. The molecule has 0 aliphatic rings. The Bertz CT molecular complexity index is 306. The number of halogens is 3. The van der Waals surface area contributed by atoms with Crippen LogP contribution in [0.5, 0.6) is 0 Å². The molecule has 1 aromatic rings. The van der Waals surface area contributed by atoms with Gasteiger partial charge < -0.3 is 5.73 Å². The first-order valence-corrected chi connectivity index (χ1v) is 4.92. The molecule has 1 rings (SSSR count). The standard InChI is InChI=1S/C8H11F3N2S/c1-4(5(2)12)6-3-13-7(14-6)8(9,10)11/h3-5H,12H2,1-2H3. The van der Waals surface area contributed by atoms with E-state index in [0.717, 1.165) is 0 Å². The van der Waals surface area contributed by atoms with Gasteiger partial charge in [-0.3, -0.25) is 0 Å². The number of aromatic nitrogens is 1. The van der Waals surface area contributed by atoms with Gasteiger partial charge in [0.05, 0.1) is 0 Å². The summed E-state index contributed by atoms with van der Waals surface area (Å²) in [5, 5.41) is -0.806. The largest absolute Gasteiger partial charge is 0.443 e. The summed E-state index contributed by atoms with van der Waals surface area (Å²) in [4.78, 5) is 3.91. The number of hydrogen-bond donors (Lipinski definition) is 1. The highest BCUT2D eigenvalue weighted by atomic mass is 32.1. The summed E-state index contributed by atoms with van der Waals surface area (Å²) in [7, 11) is 0. The Morgan fingerprint density at radius 1 is 1.43 bits per heavy atom. The van der Waals surface area contributed by atoms with Crippen LogP contribution in [0.4, 0.5) is 13.2 Å². The molecule has 0 saturated carbocycles. The SMILES string of the molecule is CC(N)C(C)c1cnc(C(F)(F)F)s1. The van der Waals surface area contributed by atoms with Gasteiger partial charge in [-0.2, -0.15) is 13.2 Å². The molecule has 2 unspecified atom stereocenters. The number of rotatable bonds is 2. The highest BCUT2D eigenvalue weighted by Crippen LogP contribution is 2.35. The van der Waals surface area contributed by atoms with E-state index in [-0.39, 0.29) is 12.0 Å². The lowest BCUT2D eigenvalue weighted by molar-refractivity contribution is -0.137. The van der Waals surface area contributed by atoms with Crippen molar-refractivity contribution < 1.29 is 13.2 Å². The molecule has 1 heterocycles. The Hall–Kier alpha value is -0.620. The van der Waals surface area contributed by atoms with E-state index in [9.17, 15) is 13.2 Å². The lowest BCUT2D eigenvalue weighted by atomic mass is 10.0. The highest BCUT2D eigenvalue weighted by molar-refractivity contribution is 7.11. The molecular formula is C8H11F3N2S. The van der Waals surface area contributed by atoms with Gasteiger partial charge in [0.25, 0.3) is 0 Å². The zero-order valence-electron chi connectivity index (χ0n) is 7.80. The summed E-state index contributed by atoms with van der Waals surface area (Å²) >= 11 is 0.660. The zero-order valence-corrected chi connectivity index (χ0v) is 8.62. The molecule has 0 aliphatic carbocycles. The molecule has 0 fully saturated rings. The van der Waals surface area contributed by atoms with Crippen molar-refractivity contribution in [1.29, 1.82) is 0 Å². The Kier molecular flexibility index (Phi) is 3.16. The van der Waals surface area contributed by atoms with Crippen LogP contribution in [-0.4, -0.2) is 11.0 Å². The van der Waals surface area contributed by atoms with E-state index in [1.54, 1.807) is 13.8 Å². The molecule has 0 spiro atoms. The first kappa shape index (κ1) is 11.5. The van der Waals surface area contributed by atoms with E-state index >= 15 is 0 Å². The second-order valence-electron chi connectivity index (χ2n) is 3.21. The average molecular weight is 224 g/mol. The fourth-order valence-electron chi connectivity index (χ4n) is 0.887. The number of nitrogens with two attached hydrogens (primary N) is 1. The molecule has 14 heavy (non-hydrogen) atoms. The van der Waals surface area contributed by atoms with Crippen LogP contribution in [-0.2, 0) is 6.18 Å². The van der Waals surface area contributed by atoms with Gasteiger partial charge in [-0.05, 0) is 6.92 Å². The van der Waals surface area contributed by atoms with Crippen molar-refractivity contribution in [3.63, 3.8) is 0 Å². The third kappa shape index (κ3) is 2.45. The van der Waals surface area contributed by atoms with Gasteiger partial charge in [0.15, 0.2) is 5.01 Å². The molecule has 0 radical (unpaired) electrons. The van der Waals surface area contributed by atoms with Crippen molar-refractivity contribution in [2.45, 2.75) is 32.0 Å². The van der Waals surface area contributed by atoms with Gasteiger partial charge in [-0.15, -0.1) is 11.3 Å². The fourth-order valence-corrected chi connectivity index (χ4v) is 1.84. The van der Waals surface area contributed by atoms with Crippen LogP contribution in [0.2, 0.25) is 0 Å². The lowest BCUT2D eigenvalue weighted by Gasteiger charge is -2.12. The monoisotopic (exact) mass is 224 g/mol. The minimum absolute atomic E-state index is 0.0939. The van der Waals surface area contributed by atoms with Crippen molar-refractivity contribution in [1.82, 2.24) is 4.98 Å². The van der Waals surface area contributed by atoms with E-state index in [0.29, 0.717) is 16.2 Å². The van der Waals surface area contributed by atoms with Gasteiger partial charge in [-0.25, -0.2) is 4.98 Å². The Morgan fingerprint density at radius 2 is 2.00 bits per heavy atom. The number of thiazole rings is 1. The van der Waals surface area contributed by atoms with Gasteiger partial charge in [0, 0.05) is 23.0 Å². The minimum Gasteiger partial charge on any atom is -0.327 e. The molecule has 2 N–H and O–H groups in total. The molecule has 2 atom stereocenters. The highest BCUT2D eigenvalue weighted by Gasteiger charge is 2.35. The van der Waals surface area contributed by atoms with Crippen LogP contribution in [0.15, 0.2) is 6.20 Å². The lowest BCUT2D eigenvalue weighted by Crippen LogP contribution is -2.21. The van der Waals surface area contributed by atoms with Crippen LogP contribution >= 0.6 is 11.3 Å². The number of alkyl halides is 3. The number of hydrogen-bond acceptors (Lipinski definition) is 3. The van der Waals surface area contributed by atoms with Crippen molar-refractivity contribution in [3.8, 4) is 0 Å². The molecule has 0 amide bonds. The van der Waals surface area contributed by atoms with Gasteiger partial charge in [0.1, 0.15) is 0 Å². The van der Waals surface area contributed by atoms with Crippen molar-refractivity contribution in [2.75, 3.05) is 0 Å². The van der Waals surface area contributed by atoms with E-state index in [4.69, 9.17) is 5.73 Å². The first-order chi connectivity index (χ1) is 6.32. The van der Waals surface area contributed by atoms with E-state index in [1.807, 2.05) is 0 Å². The predicted molar refractivity (Wildman–Crippen MR) is 49.2 cm³/mol. The van der Waals surface area contributed by atoms with Crippen LogP contribution < -0.4 is 5.73 Å². The summed E-state index contributed by atoms with van der Waals surface area (Å²) in [6.07, 6.45) is -3.10. The molecule has 80 valence electrons. The molecule has 0 aliphatic heterocycles. The topological polar surface area (TPSA) is 38.9 Å². The van der Waals surface area contributed by atoms with Gasteiger partial charge in [0.2, 0.25) is 0 Å². The fraction of sp³-hybridized carbons (Fsp3) is 0.625. The van der Waals surface area contributed by atoms with E-state index in [2.05, 4.69) is 4.98 Å². The second kappa shape index (κ2) is 3.86. The quantitative estimate of drug-likeness (QED) is 0.838. The van der Waals surface area contributed by atoms with Crippen molar-refractivity contribution in [3.05, 3.63) is 16.1 Å². The molecule has 0 aromatic carbocycles. The van der Waals surface area contributed by atoms with Crippen LogP contribution in [0, 0.1) is 0 Å². The summed E-state index contributed by atoms with van der Waals surface area (Å²) in [6.45, 7) is 3.55. The Morgan fingerprint density at radius 3 is 2.36 bits per heavy atom. The maximum Gasteiger partial charge on any atom is 0.443 e. The Balaban J connectivity index is 2.89. The van der Waals surface area contributed by atoms with Crippen molar-refractivity contribution >= 4 is 11.3 Å². The molecular weight excluding hydrogens is 213 g/mol. The van der Waals surface area contributed by atoms with E-state index < -0.39 is 11.2 Å². The first-order valence-electron chi connectivity index (χ1n) is 4.11. The number of nitrogens with zero attached hydrogens (tertiary/aromatic N) is 1. The van der Waals surface area contributed by atoms with Crippen molar-refractivity contribution in [2.24, 2.45) is 5.73 Å². The van der Waals surface area contributed by atoms with Crippen LogP contribution in [0.3, 0.4) is 0 Å². The molecule has 2 nitrogen and oxygen atoms in total. The maximum atomic E-state index is 12.2. The van der Waals surface area contributed by atoms with Gasteiger partial charge in [-0.1, -0.05) is 6.92 Å². The normalized spacial score (nSPS) is 16.7. The zero-order chi connectivity index (χ0) is 10.9. The minimum atomic E-state index is -4.35. The van der Waals surface area contributed by atoms with E-state index in [1.165, 1.54) is 6.20 Å².